The molecule has 0 aliphatic carbocycles. The van der Waals surface area contributed by atoms with Gasteiger partial charge in [-0.05, 0) is 56.8 Å². The van der Waals surface area contributed by atoms with Gasteiger partial charge in [-0.1, -0.05) is 78.9 Å². The number of hydrogen-bond acceptors (Lipinski definition) is 3. The summed E-state index contributed by atoms with van der Waals surface area (Å²) in [6, 6.07) is 31.8. The molecule has 4 aromatic rings. The first-order valence-electron chi connectivity index (χ1n) is 11.0. The first-order valence-corrected chi connectivity index (χ1v) is 12.0. The van der Waals surface area contributed by atoms with Crippen molar-refractivity contribution in [2.45, 2.75) is 27.1 Å². The van der Waals surface area contributed by atoms with Crippen molar-refractivity contribution in [1.82, 2.24) is 0 Å². The summed E-state index contributed by atoms with van der Waals surface area (Å²) in [5, 5.41) is 0.880. The molecule has 4 rings (SSSR count). The van der Waals surface area contributed by atoms with E-state index in [2.05, 4.69) is 0 Å². The third kappa shape index (κ3) is 6.84. The fraction of sp³-hybridized carbons (Fsp3) is 0.138. The first-order chi connectivity index (χ1) is 16.1. The Morgan fingerprint density at radius 2 is 1.26 bits per heavy atom. The van der Waals surface area contributed by atoms with Crippen molar-refractivity contribution in [2.75, 3.05) is 0 Å². The van der Waals surface area contributed by atoms with Crippen molar-refractivity contribution in [3.63, 3.8) is 0 Å². The third-order valence-electron chi connectivity index (χ3n) is 5.39. The average Bonchev–Trinajstić information content (AvgIpc) is 2.83. The first kappa shape index (κ1) is 25.8. The van der Waals surface area contributed by atoms with Gasteiger partial charge in [-0.25, -0.2) is 0 Å². The fourth-order valence-corrected chi connectivity index (χ4v) is 4.85. The SMILES string of the molecule is Cc1cccc(C)c1C(=O)Pc1ccc(OCc2ccccc2)cc1OCc1ccccc1.[LiH]. The minimum absolute atomic E-state index is 0. The number of carbonyl (C=O) groups is 1. The minimum atomic E-state index is -0.0334. The van der Waals surface area contributed by atoms with E-state index in [4.69, 9.17) is 9.47 Å². The maximum atomic E-state index is 13.2. The van der Waals surface area contributed by atoms with Gasteiger partial charge in [-0.2, -0.15) is 0 Å². The predicted octanol–water partition coefficient (Wildman–Crippen LogP) is 5.96. The zero-order chi connectivity index (χ0) is 23.0. The van der Waals surface area contributed by atoms with E-state index in [1.807, 2.05) is 111 Å². The van der Waals surface area contributed by atoms with Crippen LogP contribution in [0.4, 0.5) is 0 Å². The van der Waals surface area contributed by atoms with Crippen molar-refractivity contribution < 1.29 is 14.3 Å². The van der Waals surface area contributed by atoms with Gasteiger partial charge in [0.05, 0.1) is 0 Å². The van der Waals surface area contributed by atoms with Gasteiger partial charge < -0.3 is 9.47 Å². The third-order valence-corrected chi connectivity index (χ3v) is 6.55. The van der Waals surface area contributed by atoms with Crippen LogP contribution >= 0.6 is 8.58 Å². The average molecular weight is 462 g/mol. The summed E-state index contributed by atoms with van der Waals surface area (Å²) >= 11 is 0. The zero-order valence-electron chi connectivity index (χ0n) is 18.9. The van der Waals surface area contributed by atoms with Crippen molar-refractivity contribution in [3.8, 4) is 11.5 Å². The molecule has 0 saturated carbocycles. The molecule has 5 heteroatoms. The van der Waals surface area contributed by atoms with Crippen LogP contribution in [0.15, 0.2) is 97.1 Å². The quantitative estimate of drug-likeness (QED) is 0.228. The molecule has 0 aliphatic rings. The van der Waals surface area contributed by atoms with Crippen LogP contribution < -0.4 is 14.8 Å². The molecule has 0 bridgehead atoms. The van der Waals surface area contributed by atoms with Gasteiger partial charge in [0.1, 0.15) is 24.7 Å². The van der Waals surface area contributed by atoms with E-state index in [0.29, 0.717) is 19.0 Å². The number of rotatable bonds is 9. The molecule has 4 aromatic carbocycles. The van der Waals surface area contributed by atoms with Gasteiger partial charge in [-0.3, -0.25) is 4.79 Å². The van der Waals surface area contributed by atoms with Crippen LogP contribution in [-0.2, 0) is 13.2 Å². The number of ether oxygens (including phenoxy) is 2. The molecule has 168 valence electrons. The zero-order valence-corrected chi connectivity index (χ0v) is 19.9. The monoisotopic (exact) mass is 462 g/mol. The van der Waals surface area contributed by atoms with Gasteiger partial charge in [0.2, 0.25) is 0 Å². The van der Waals surface area contributed by atoms with Crippen LogP contribution in [0.25, 0.3) is 0 Å². The molecule has 0 N–H and O–H groups in total. The Hall–Kier alpha value is -2.82. The molecule has 0 saturated heterocycles. The number of aryl methyl sites for hydroxylation is 2. The predicted molar refractivity (Wildman–Crippen MR) is 143 cm³/mol. The molecule has 0 amide bonds. The Morgan fingerprint density at radius 3 is 1.85 bits per heavy atom. The van der Waals surface area contributed by atoms with E-state index >= 15 is 0 Å². The Kier molecular flexibility index (Phi) is 9.55. The normalized spacial score (nSPS) is 10.6. The fourth-order valence-electron chi connectivity index (χ4n) is 3.65. The van der Waals surface area contributed by atoms with Crippen LogP contribution in [0, 0.1) is 13.8 Å². The van der Waals surface area contributed by atoms with E-state index < -0.39 is 0 Å². The van der Waals surface area contributed by atoms with E-state index in [9.17, 15) is 4.79 Å². The Labute approximate surface area is 215 Å². The summed E-state index contributed by atoms with van der Waals surface area (Å²) in [4.78, 5) is 13.2. The van der Waals surface area contributed by atoms with E-state index in [1.165, 1.54) is 0 Å². The van der Waals surface area contributed by atoms with Crippen LogP contribution in [-0.4, -0.2) is 24.4 Å². The summed E-state index contributed by atoms with van der Waals surface area (Å²) in [5.74, 6) is 1.40. The van der Waals surface area contributed by atoms with Gasteiger partial charge in [0.25, 0.3) is 0 Å². The molecule has 0 radical (unpaired) electrons. The molecule has 0 spiro atoms. The van der Waals surface area contributed by atoms with Crippen LogP contribution in [0.3, 0.4) is 0 Å². The Morgan fingerprint density at radius 1 is 0.706 bits per heavy atom. The molecule has 0 aliphatic heterocycles. The van der Waals surface area contributed by atoms with E-state index in [1.54, 1.807) is 0 Å². The van der Waals surface area contributed by atoms with Crippen LogP contribution in [0.5, 0.6) is 11.5 Å². The van der Waals surface area contributed by atoms with Gasteiger partial charge in [0, 0.05) is 16.9 Å². The molecule has 34 heavy (non-hydrogen) atoms. The van der Waals surface area contributed by atoms with Crippen molar-refractivity contribution in [3.05, 3.63) is 125 Å². The second kappa shape index (κ2) is 12.6. The molecule has 3 nitrogen and oxygen atoms in total. The summed E-state index contributed by atoms with van der Waals surface area (Å²) in [6.07, 6.45) is 0. The summed E-state index contributed by atoms with van der Waals surface area (Å²) in [6.45, 7) is 4.87. The molecule has 1 atom stereocenters. The molecular formula is C29H28LiO3P. The number of benzene rings is 4. The Balaban J connectivity index is 0.00000324. The van der Waals surface area contributed by atoms with Crippen molar-refractivity contribution >= 4 is 38.3 Å². The van der Waals surface area contributed by atoms with Gasteiger partial charge >= 0.3 is 18.9 Å². The van der Waals surface area contributed by atoms with Crippen molar-refractivity contribution in [2.24, 2.45) is 0 Å². The standard InChI is InChI=1S/C29H27O3P.Li.H/c1-21-10-9-11-22(2)28(21)29(30)33-27-17-16-25(31-19-23-12-5-3-6-13-23)18-26(27)32-20-24-14-7-4-8-15-24;;/h3-18,33H,19-20H2,1-2H3;;. The molecule has 0 heterocycles. The second-order valence-electron chi connectivity index (χ2n) is 7.93. The maximum absolute atomic E-state index is 13.2. The molecule has 1 unspecified atom stereocenters. The Bertz CT molecular complexity index is 1210. The number of carbonyl (C=O) groups excluding carboxylic acids is 1. The van der Waals surface area contributed by atoms with Gasteiger partial charge in [0.15, 0.2) is 5.52 Å². The van der Waals surface area contributed by atoms with Crippen molar-refractivity contribution in [1.29, 1.82) is 0 Å². The summed E-state index contributed by atoms with van der Waals surface area (Å²) < 4.78 is 12.2. The van der Waals surface area contributed by atoms with E-state index in [-0.39, 0.29) is 33.0 Å². The second-order valence-corrected chi connectivity index (χ2v) is 9.17. The van der Waals surface area contributed by atoms with Gasteiger partial charge in [-0.15, -0.1) is 0 Å². The summed E-state index contributed by atoms with van der Waals surface area (Å²) in [7, 11) is -0.0334. The van der Waals surface area contributed by atoms with Crippen LogP contribution in [0.1, 0.15) is 32.6 Å². The molecule has 0 aromatic heterocycles. The molecule has 0 fully saturated rings. The summed E-state index contributed by atoms with van der Waals surface area (Å²) in [5.41, 5.74) is 5.09. The topological polar surface area (TPSA) is 35.5 Å². The number of hydrogen-bond donors (Lipinski definition) is 0. The molecular weight excluding hydrogens is 434 g/mol. The van der Waals surface area contributed by atoms with E-state index in [0.717, 1.165) is 38.9 Å². The van der Waals surface area contributed by atoms with Crippen LogP contribution in [0.2, 0.25) is 0 Å².